The Bertz CT molecular complexity index is 794. The zero-order valence-electron chi connectivity index (χ0n) is 11.7. The first-order chi connectivity index (χ1) is 10.2. The Morgan fingerprint density at radius 3 is 2.41 bits per heavy atom. The minimum Gasteiger partial charge on any atom is -0.300 e. The smallest absolute Gasteiger partial charge is 0.300 e. The quantitative estimate of drug-likeness (QED) is 0.805. The highest BCUT2D eigenvalue weighted by Gasteiger charge is 2.30. The van der Waals surface area contributed by atoms with Gasteiger partial charge in [-0.15, -0.1) is 11.8 Å². The molecule has 0 fully saturated rings. The van der Waals surface area contributed by atoms with Gasteiger partial charge < -0.3 is 0 Å². The van der Waals surface area contributed by atoms with Crippen LogP contribution < -0.4 is 11.2 Å². The lowest BCUT2D eigenvalue weighted by molar-refractivity contribution is -0.137. The van der Waals surface area contributed by atoms with Gasteiger partial charge >= 0.3 is 11.9 Å². The lowest BCUT2D eigenvalue weighted by Crippen LogP contribution is -2.37. The van der Waals surface area contributed by atoms with Crippen molar-refractivity contribution in [2.75, 3.05) is 0 Å². The second-order valence-corrected chi connectivity index (χ2v) is 5.54. The van der Waals surface area contributed by atoms with Gasteiger partial charge in [-0.1, -0.05) is 0 Å². The van der Waals surface area contributed by atoms with Gasteiger partial charge in [-0.3, -0.25) is 13.9 Å². The minimum atomic E-state index is -4.42. The Morgan fingerprint density at radius 2 is 1.86 bits per heavy atom. The van der Waals surface area contributed by atoms with Gasteiger partial charge in [-0.2, -0.15) is 13.2 Å². The van der Waals surface area contributed by atoms with Gasteiger partial charge in [0.2, 0.25) is 0 Å². The zero-order valence-corrected chi connectivity index (χ0v) is 12.5. The fraction of sp³-hybridized carbons (Fsp3) is 0.308. The number of pyridine rings is 1. The normalized spacial score (nSPS) is 11.7. The van der Waals surface area contributed by atoms with Crippen LogP contribution in [0.15, 0.2) is 39.0 Å². The van der Waals surface area contributed by atoms with E-state index < -0.39 is 23.0 Å². The summed E-state index contributed by atoms with van der Waals surface area (Å²) >= 11 is 1.14. The van der Waals surface area contributed by atoms with Gasteiger partial charge in [-0.25, -0.2) is 9.78 Å². The van der Waals surface area contributed by atoms with E-state index in [-0.39, 0.29) is 5.75 Å². The topological polar surface area (TPSA) is 56.9 Å². The van der Waals surface area contributed by atoms with Crippen molar-refractivity contribution >= 4 is 11.8 Å². The predicted molar refractivity (Wildman–Crippen MR) is 75.7 cm³/mol. The number of hydrogen-bond acceptors (Lipinski definition) is 4. The molecule has 0 bridgehead atoms. The van der Waals surface area contributed by atoms with Gasteiger partial charge in [-0.05, 0) is 12.1 Å². The lowest BCUT2D eigenvalue weighted by Gasteiger charge is -2.09. The van der Waals surface area contributed by atoms with Crippen LogP contribution in [-0.4, -0.2) is 14.1 Å². The molecule has 0 radical (unpaired) electrons. The Kier molecular flexibility index (Phi) is 4.45. The van der Waals surface area contributed by atoms with Gasteiger partial charge in [0, 0.05) is 37.8 Å². The molecule has 2 rings (SSSR count). The highest BCUT2D eigenvalue weighted by atomic mass is 32.2. The van der Waals surface area contributed by atoms with Crippen molar-refractivity contribution in [1.82, 2.24) is 14.1 Å². The molecule has 0 unspecified atom stereocenters. The van der Waals surface area contributed by atoms with Gasteiger partial charge in [0.1, 0.15) is 0 Å². The molecular weight excluding hydrogens is 319 g/mol. The summed E-state index contributed by atoms with van der Waals surface area (Å²) < 4.78 is 39.6. The third-order valence-corrected chi connectivity index (χ3v) is 4.03. The number of hydrogen-bond donors (Lipinski definition) is 0. The van der Waals surface area contributed by atoms with Crippen molar-refractivity contribution in [1.29, 1.82) is 0 Å². The van der Waals surface area contributed by atoms with Crippen LogP contribution in [0.3, 0.4) is 0 Å². The molecule has 0 N–H and O–H groups in total. The second-order valence-electron chi connectivity index (χ2n) is 4.55. The maximum atomic E-state index is 12.4. The fourth-order valence-electron chi connectivity index (χ4n) is 1.70. The first kappa shape index (κ1) is 16.3. The Hall–Kier alpha value is -2.03. The molecule has 2 aromatic rings. The van der Waals surface area contributed by atoms with Gasteiger partial charge in [0.05, 0.1) is 10.6 Å². The van der Waals surface area contributed by atoms with Gasteiger partial charge in [0.15, 0.2) is 0 Å². The molecular formula is C13H12F3N3O2S. The number of aromatic nitrogens is 3. The van der Waals surface area contributed by atoms with Crippen LogP contribution in [0.25, 0.3) is 0 Å². The Morgan fingerprint density at radius 1 is 1.18 bits per heavy atom. The summed E-state index contributed by atoms with van der Waals surface area (Å²) in [5, 5.41) is 0.376. The van der Waals surface area contributed by atoms with E-state index in [0.29, 0.717) is 10.7 Å². The maximum Gasteiger partial charge on any atom is 0.417 e. The van der Waals surface area contributed by atoms with E-state index in [1.165, 1.54) is 30.8 Å². The van der Waals surface area contributed by atoms with Crippen LogP contribution in [0.2, 0.25) is 0 Å². The third kappa shape index (κ3) is 3.41. The van der Waals surface area contributed by atoms with Crippen molar-refractivity contribution in [3.05, 3.63) is 56.5 Å². The summed E-state index contributed by atoms with van der Waals surface area (Å²) in [5.74, 6) is 0.250. The average molecular weight is 331 g/mol. The molecule has 2 aromatic heterocycles. The molecule has 2 heterocycles. The second kappa shape index (κ2) is 5.99. The summed E-state index contributed by atoms with van der Waals surface area (Å²) in [4.78, 5) is 27.1. The van der Waals surface area contributed by atoms with E-state index in [4.69, 9.17) is 0 Å². The first-order valence-corrected chi connectivity index (χ1v) is 7.10. The van der Waals surface area contributed by atoms with E-state index in [1.807, 2.05) is 0 Å². The molecule has 0 aliphatic rings. The molecule has 22 heavy (non-hydrogen) atoms. The third-order valence-electron chi connectivity index (χ3n) is 3.06. The van der Waals surface area contributed by atoms with Gasteiger partial charge in [0.25, 0.3) is 5.56 Å². The highest BCUT2D eigenvalue weighted by Crippen LogP contribution is 2.29. The van der Waals surface area contributed by atoms with Crippen molar-refractivity contribution < 1.29 is 13.2 Å². The first-order valence-electron chi connectivity index (χ1n) is 6.12. The largest absolute Gasteiger partial charge is 0.417 e. The molecule has 0 aromatic carbocycles. The summed E-state index contributed by atoms with van der Waals surface area (Å²) in [7, 11) is 2.90. The molecule has 0 saturated carbocycles. The minimum absolute atomic E-state index is 0.250. The summed E-state index contributed by atoms with van der Waals surface area (Å²) in [5.41, 5.74) is -1.24. The highest BCUT2D eigenvalue weighted by molar-refractivity contribution is 7.98. The van der Waals surface area contributed by atoms with E-state index in [0.717, 1.165) is 28.6 Å². The lowest BCUT2D eigenvalue weighted by atomic mass is 10.3. The van der Waals surface area contributed by atoms with Crippen LogP contribution in [0.5, 0.6) is 0 Å². The van der Waals surface area contributed by atoms with E-state index in [9.17, 15) is 22.8 Å². The van der Waals surface area contributed by atoms with Crippen molar-refractivity contribution in [3.8, 4) is 0 Å². The average Bonchev–Trinajstić information content (AvgIpc) is 2.47. The molecule has 0 amide bonds. The van der Waals surface area contributed by atoms with E-state index >= 15 is 0 Å². The fourth-order valence-corrected chi connectivity index (χ4v) is 2.56. The molecule has 5 nitrogen and oxygen atoms in total. The van der Waals surface area contributed by atoms with Crippen LogP contribution in [0, 0.1) is 0 Å². The molecule has 118 valence electrons. The van der Waals surface area contributed by atoms with Crippen molar-refractivity contribution in [2.24, 2.45) is 14.1 Å². The zero-order chi connectivity index (χ0) is 16.5. The number of thioether (sulfide) groups is 1. The number of alkyl halides is 3. The van der Waals surface area contributed by atoms with Crippen molar-refractivity contribution in [2.45, 2.75) is 17.0 Å². The molecule has 0 aliphatic carbocycles. The molecule has 0 spiro atoms. The number of nitrogens with zero attached hydrogens (tertiary/aromatic N) is 3. The maximum absolute atomic E-state index is 12.4. The molecule has 0 aliphatic heterocycles. The summed E-state index contributed by atoms with van der Waals surface area (Å²) in [6.07, 6.45) is -3.67. The standard InChI is InChI=1S/C13H12F3N3O2S/c1-18-9(5-11(20)19(2)12(18)21)7-22-10-4-3-8(6-17-10)13(14,15)16/h3-6H,7H2,1-2H3. The van der Waals surface area contributed by atoms with Crippen LogP contribution in [0.1, 0.15) is 11.3 Å². The Balaban J connectivity index is 2.18. The predicted octanol–water partition coefficient (Wildman–Crippen LogP) is 1.79. The van der Waals surface area contributed by atoms with Crippen LogP contribution in [-0.2, 0) is 26.0 Å². The van der Waals surface area contributed by atoms with Crippen LogP contribution in [0.4, 0.5) is 13.2 Å². The molecule has 0 saturated heterocycles. The summed E-state index contributed by atoms with van der Waals surface area (Å²) in [6.45, 7) is 0. The number of rotatable bonds is 3. The SMILES string of the molecule is Cn1c(CSc2ccc(C(F)(F)F)cn2)cc(=O)n(C)c1=O. The van der Waals surface area contributed by atoms with Crippen LogP contribution >= 0.6 is 11.8 Å². The Labute approximate surface area is 127 Å². The molecule has 0 atom stereocenters. The van der Waals surface area contributed by atoms with E-state index in [1.54, 1.807) is 0 Å². The number of halogens is 3. The summed E-state index contributed by atoms with van der Waals surface area (Å²) in [6, 6.07) is 3.52. The van der Waals surface area contributed by atoms with E-state index in [2.05, 4.69) is 4.98 Å². The molecule has 9 heteroatoms. The van der Waals surface area contributed by atoms with Crippen molar-refractivity contribution in [3.63, 3.8) is 0 Å². The monoisotopic (exact) mass is 331 g/mol.